The van der Waals surface area contributed by atoms with Crippen LogP contribution in [0.25, 0.3) is 22.0 Å². The van der Waals surface area contributed by atoms with E-state index in [-0.39, 0.29) is 54.0 Å². The summed E-state index contributed by atoms with van der Waals surface area (Å²) in [6, 6.07) is 4.51. The Morgan fingerprint density at radius 1 is 1.00 bits per heavy atom. The molecule has 0 spiro atoms. The lowest BCUT2D eigenvalue weighted by molar-refractivity contribution is -0.141. The van der Waals surface area contributed by atoms with Crippen LogP contribution in [0, 0.1) is 33.0 Å². The maximum Gasteiger partial charge on any atom is 0.408 e. The molecule has 352 valence electrons. The molecule has 25 heteroatoms. The number of carbonyl (C=O) groups excluding carboxylic acids is 1. The predicted octanol–water partition coefficient (Wildman–Crippen LogP) is 8.72. The number of benzene rings is 2. The minimum absolute atomic E-state index is 0.0638. The summed E-state index contributed by atoms with van der Waals surface area (Å²) in [6.07, 6.45) is -7.30. The third-order valence-electron chi connectivity index (χ3n) is 11.4. The van der Waals surface area contributed by atoms with Gasteiger partial charge in [0.05, 0.1) is 39.2 Å². The van der Waals surface area contributed by atoms with Gasteiger partial charge in [0.1, 0.15) is 46.6 Å². The first kappa shape index (κ1) is 47.9. The number of anilines is 1. The molecule has 12 nitrogen and oxygen atoms in total. The zero-order chi connectivity index (χ0) is 48.2. The van der Waals surface area contributed by atoms with E-state index in [1.54, 1.807) is 22.6 Å². The summed E-state index contributed by atoms with van der Waals surface area (Å²) in [6.45, 7) is -0.115. The number of pyridine rings is 1. The van der Waals surface area contributed by atoms with Crippen LogP contribution in [-0.4, -0.2) is 69.7 Å². The van der Waals surface area contributed by atoms with Crippen LogP contribution in [0.1, 0.15) is 85.4 Å². The zero-order valence-electron chi connectivity index (χ0n) is 34.3. The lowest BCUT2D eigenvalue weighted by atomic mass is 9.93. The minimum atomic E-state index is -4.96. The van der Waals surface area contributed by atoms with Crippen molar-refractivity contribution in [3.05, 3.63) is 90.5 Å². The Kier molecular flexibility index (Phi) is 12.0. The summed E-state index contributed by atoms with van der Waals surface area (Å²) in [5.41, 5.74) is -3.42. The maximum absolute atomic E-state index is 15.5. The quantitative estimate of drug-likeness (QED) is 0.0674. The number of rotatable bonds is 13. The van der Waals surface area contributed by atoms with Gasteiger partial charge in [0, 0.05) is 32.2 Å². The fourth-order valence-corrected chi connectivity index (χ4v) is 11.4. The molecule has 2 saturated carbocycles. The molecule has 0 radical (unpaired) electrons. The average molecular weight is 1100 g/mol. The van der Waals surface area contributed by atoms with Gasteiger partial charge < -0.3 is 5.32 Å². The first-order valence-corrected chi connectivity index (χ1v) is 24.7. The normalized spacial score (nSPS) is 18.5. The van der Waals surface area contributed by atoms with Gasteiger partial charge in [-0.3, -0.25) is 18.9 Å². The van der Waals surface area contributed by atoms with E-state index in [1.807, 2.05) is 0 Å². The molecule has 8 rings (SSSR count). The summed E-state index contributed by atoms with van der Waals surface area (Å²) in [5.74, 6) is -4.19. The molecule has 1 unspecified atom stereocenters. The van der Waals surface area contributed by atoms with Crippen LogP contribution >= 0.6 is 34.2 Å². The maximum atomic E-state index is 15.5. The van der Waals surface area contributed by atoms with E-state index >= 15 is 8.78 Å². The van der Waals surface area contributed by atoms with Crippen molar-refractivity contribution in [3.8, 4) is 23.0 Å². The zero-order valence-corrected chi connectivity index (χ0v) is 38.9. The van der Waals surface area contributed by atoms with Gasteiger partial charge in [0.2, 0.25) is 15.9 Å². The molecule has 0 saturated heterocycles. The van der Waals surface area contributed by atoms with Crippen molar-refractivity contribution in [2.24, 2.45) is 5.92 Å². The molecule has 3 heterocycles. The number of aromatic nitrogens is 5. The van der Waals surface area contributed by atoms with Gasteiger partial charge in [-0.15, -0.1) is 0 Å². The predicted molar refractivity (Wildman–Crippen MR) is 231 cm³/mol. The van der Waals surface area contributed by atoms with Crippen LogP contribution in [0.4, 0.5) is 45.3 Å². The van der Waals surface area contributed by atoms with Crippen molar-refractivity contribution < 1.29 is 61.1 Å². The van der Waals surface area contributed by atoms with Gasteiger partial charge >= 0.3 is 6.18 Å². The van der Waals surface area contributed by atoms with Gasteiger partial charge in [-0.25, -0.2) is 39.4 Å². The number of sulfonamides is 1. The van der Waals surface area contributed by atoms with Gasteiger partial charge in [0.25, 0.3) is 12.3 Å². The van der Waals surface area contributed by atoms with Crippen LogP contribution in [0.3, 0.4) is 0 Å². The Labute approximate surface area is 389 Å². The molecule has 0 aliphatic heterocycles. The molecular formula is C41H34ClF9IN7O5S2. The number of alkyl halides is 7. The van der Waals surface area contributed by atoms with Crippen LogP contribution in [0.2, 0.25) is 5.02 Å². The second-order valence-electron chi connectivity index (χ2n) is 16.8. The molecule has 5 aromatic rings. The number of nitrogens with zero attached hydrogens (tertiary/aromatic N) is 5. The summed E-state index contributed by atoms with van der Waals surface area (Å²) < 4.78 is 185. The third-order valence-corrected chi connectivity index (χ3v) is 16.0. The molecule has 2 N–H and O–H groups in total. The monoisotopic (exact) mass is 1100 g/mol. The largest absolute Gasteiger partial charge is 0.408 e. The standard InChI is InChI=1S/C41H34ClF9IN7O5S2/c1-39(2,66(63,64)21-4-5-21)9-8-28-27(52)15-23(22-6-7-26(42)32-35(22)59(17-40(47,48)49)56-38(32)57-65(3,61)62)33(54-28)29(12-18-10-19(43)13-20(44)11-18)53-30(60)16-58-36-31(34(55-58)37(45)46)24-14-25(24)41(36,50)51/h6-7,10-11,13,15,21,24-25,29,37H,4-5,12,14,16-17H2,1-3H3,(H,53,60)(H,56,57)/t24-,25?,29-/m0/s1. The molecule has 66 heavy (non-hydrogen) atoms. The van der Waals surface area contributed by atoms with Gasteiger partial charge in [-0.05, 0) is 104 Å². The highest BCUT2D eigenvalue weighted by molar-refractivity contribution is 14.1. The molecule has 2 aromatic carbocycles. The second kappa shape index (κ2) is 16.6. The van der Waals surface area contributed by atoms with Gasteiger partial charge in [0.15, 0.2) is 15.7 Å². The Hall–Kier alpha value is -4.61. The van der Waals surface area contributed by atoms with E-state index in [1.165, 1.54) is 32.0 Å². The van der Waals surface area contributed by atoms with Crippen molar-refractivity contribution >= 4 is 76.7 Å². The number of nitrogens with one attached hydrogen (secondary N) is 2. The molecule has 2 fully saturated rings. The molecular weight excluding hydrogens is 1070 g/mol. The van der Waals surface area contributed by atoms with E-state index in [0.29, 0.717) is 28.3 Å². The van der Waals surface area contributed by atoms with E-state index in [0.717, 1.165) is 18.4 Å². The molecule has 3 aromatic heterocycles. The topological polar surface area (TPSA) is 158 Å². The Morgan fingerprint density at radius 2 is 1.67 bits per heavy atom. The number of fused-ring (bicyclic) bond motifs is 4. The Bertz CT molecular complexity index is 3130. The number of carbonyl (C=O) groups is 1. The molecule has 1 amide bonds. The van der Waals surface area contributed by atoms with Crippen LogP contribution < -0.4 is 10.0 Å². The number of amides is 1. The van der Waals surface area contributed by atoms with Crippen LogP contribution in [-0.2, 0) is 50.1 Å². The number of sulfone groups is 1. The number of hydrogen-bond donors (Lipinski definition) is 2. The van der Waals surface area contributed by atoms with Gasteiger partial charge in [-0.1, -0.05) is 23.6 Å². The first-order valence-electron chi connectivity index (χ1n) is 19.8. The Balaban J connectivity index is 1.35. The number of hydrogen-bond acceptors (Lipinski definition) is 8. The van der Waals surface area contributed by atoms with E-state index in [4.69, 9.17) is 16.6 Å². The summed E-state index contributed by atoms with van der Waals surface area (Å²) in [4.78, 5) is 18.8. The fourth-order valence-electron chi connectivity index (χ4n) is 8.31. The highest BCUT2D eigenvalue weighted by Crippen LogP contribution is 2.68. The number of halogens is 11. The van der Waals surface area contributed by atoms with Crippen molar-refractivity contribution in [1.82, 2.24) is 29.9 Å². The lowest BCUT2D eigenvalue weighted by Gasteiger charge is -2.24. The molecule has 0 bridgehead atoms. The summed E-state index contributed by atoms with van der Waals surface area (Å²) >= 11 is 8.30. The van der Waals surface area contributed by atoms with Crippen molar-refractivity contribution in [1.29, 1.82) is 0 Å². The van der Waals surface area contributed by atoms with Gasteiger partial charge in [-0.2, -0.15) is 32.1 Å². The molecule has 3 aliphatic rings. The summed E-state index contributed by atoms with van der Waals surface area (Å²) in [5, 5.41) is 8.97. The lowest BCUT2D eigenvalue weighted by Crippen LogP contribution is -2.35. The fraction of sp³-hybridized carbons (Fsp3) is 0.415. The van der Waals surface area contributed by atoms with Crippen LogP contribution in [0.15, 0.2) is 36.4 Å². The average Bonchev–Trinajstić information content (AvgIpc) is 4.10. The first-order chi connectivity index (χ1) is 30.6. The third kappa shape index (κ3) is 9.20. The van der Waals surface area contributed by atoms with E-state index < -0.39 is 126 Å². The second-order valence-corrected chi connectivity index (χ2v) is 22.9. The Morgan fingerprint density at radius 3 is 2.27 bits per heavy atom. The SMILES string of the molecule is CC(C)(C#Cc1nc([C@H](Cc2cc(F)cc(F)c2)NC(=O)Cn2nc(C(F)F)c3c2C(F)(F)C2C[C@H]32)c(-c2ccc(Cl)c3c(NS(C)(=O)=O)nn(CC(F)(F)F)c23)cc1I)S(=O)(=O)C1CC1. The van der Waals surface area contributed by atoms with Crippen LogP contribution in [0.5, 0.6) is 0 Å². The highest BCUT2D eigenvalue weighted by atomic mass is 127. The molecule has 3 aliphatic carbocycles. The van der Waals surface area contributed by atoms with Crippen molar-refractivity contribution in [2.45, 2.75) is 93.1 Å². The summed E-state index contributed by atoms with van der Waals surface area (Å²) in [7, 11) is -8.00. The van der Waals surface area contributed by atoms with Crippen molar-refractivity contribution in [2.75, 3.05) is 11.0 Å². The van der Waals surface area contributed by atoms with E-state index in [2.05, 4.69) is 32.1 Å². The molecule has 3 atom stereocenters. The minimum Gasteiger partial charge on any atom is -0.346 e. The van der Waals surface area contributed by atoms with E-state index in [9.17, 15) is 52.4 Å². The van der Waals surface area contributed by atoms with Crippen molar-refractivity contribution in [3.63, 3.8) is 0 Å². The smallest absolute Gasteiger partial charge is 0.346 e. The highest BCUT2D eigenvalue weighted by Gasteiger charge is 2.67.